The van der Waals surface area contributed by atoms with Gasteiger partial charge in [-0.05, 0) is 73.7 Å². The van der Waals surface area contributed by atoms with Crippen molar-refractivity contribution in [3.63, 3.8) is 0 Å². The highest BCUT2D eigenvalue weighted by Crippen LogP contribution is 2.32. The Hall–Kier alpha value is -4.30. The molecule has 200 valence electrons. The molecule has 0 saturated carbocycles. The number of aliphatic hydroxyl groups excluding tert-OH is 1. The topological polar surface area (TPSA) is 123 Å². The molecule has 2 atom stereocenters. The van der Waals surface area contributed by atoms with E-state index in [1.807, 2.05) is 56.3 Å². The average molecular weight is 518 g/mol. The second-order valence-corrected chi connectivity index (χ2v) is 8.99. The molecule has 0 spiro atoms. The molecule has 0 saturated heterocycles. The van der Waals surface area contributed by atoms with Crippen LogP contribution < -0.4 is 21.1 Å². The van der Waals surface area contributed by atoms with Crippen molar-refractivity contribution in [3.8, 4) is 5.75 Å². The number of nitrogen functional groups attached to an aromatic ring is 1. The quantitative estimate of drug-likeness (QED) is 0.177. The Morgan fingerprint density at radius 2 is 1.79 bits per heavy atom. The van der Waals surface area contributed by atoms with E-state index in [0.717, 1.165) is 11.1 Å². The van der Waals surface area contributed by atoms with E-state index in [2.05, 4.69) is 10.6 Å². The van der Waals surface area contributed by atoms with Gasteiger partial charge in [-0.25, -0.2) is 4.79 Å². The first-order chi connectivity index (χ1) is 18.4. The second-order valence-electron chi connectivity index (χ2n) is 8.99. The summed E-state index contributed by atoms with van der Waals surface area (Å²) in [5.41, 5.74) is 9.43. The number of carbonyl (C=O) groups is 2. The maximum atomic E-state index is 12.8. The van der Waals surface area contributed by atoms with Crippen molar-refractivity contribution < 1.29 is 24.2 Å². The summed E-state index contributed by atoms with van der Waals surface area (Å²) < 4.78 is 11.4. The molecule has 0 fully saturated rings. The minimum absolute atomic E-state index is 0.0793. The first kappa shape index (κ1) is 28.3. The number of aliphatic hydroxyl groups is 1. The molecule has 3 aromatic rings. The zero-order valence-corrected chi connectivity index (χ0v) is 21.7. The number of aryl methyl sites for hydroxylation is 1. The summed E-state index contributed by atoms with van der Waals surface area (Å²) >= 11 is 0. The molecular weight excluding hydrogens is 482 g/mol. The van der Waals surface area contributed by atoms with E-state index in [-0.39, 0.29) is 25.0 Å². The minimum Gasteiger partial charge on any atom is -0.491 e. The number of ether oxygens (including phenoxy) is 2. The molecule has 0 bridgehead atoms. The van der Waals surface area contributed by atoms with Gasteiger partial charge in [-0.1, -0.05) is 55.0 Å². The van der Waals surface area contributed by atoms with Crippen LogP contribution in [0.2, 0.25) is 0 Å². The molecular formula is C30H35N3O5. The fourth-order valence-corrected chi connectivity index (χ4v) is 3.84. The van der Waals surface area contributed by atoms with Crippen molar-refractivity contribution >= 4 is 29.1 Å². The number of hydrogen-bond acceptors (Lipinski definition) is 6. The Labute approximate surface area is 223 Å². The normalized spacial score (nSPS) is 12.5. The molecule has 0 aromatic heterocycles. The lowest BCUT2D eigenvalue weighted by molar-refractivity contribution is -0.111. The van der Waals surface area contributed by atoms with Crippen LogP contribution in [0.3, 0.4) is 0 Å². The molecule has 0 aliphatic carbocycles. The smallest absolute Gasteiger partial charge is 0.412 e. The maximum absolute atomic E-state index is 12.8. The van der Waals surface area contributed by atoms with Crippen molar-refractivity contribution in [2.24, 2.45) is 5.92 Å². The van der Waals surface area contributed by atoms with Gasteiger partial charge in [0.15, 0.2) is 0 Å². The van der Waals surface area contributed by atoms with Crippen molar-refractivity contribution in [2.75, 3.05) is 29.6 Å². The Morgan fingerprint density at radius 3 is 2.53 bits per heavy atom. The van der Waals surface area contributed by atoms with Gasteiger partial charge in [-0.15, -0.1) is 0 Å². The number of nitrogens with two attached hydrogens (primary N) is 1. The third kappa shape index (κ3) is 8.97. The first-order valence-corrected chi connectivity index (χ1v) is 12.6. The lowest BCUT2D eigenvalue weighted by Gasteiger charge is -2.25. The fourth-order valence-electron chi connectivity index (χ4n) is 3.84. The molecule has 0 radical (unpaired) electrons. The number of anilines is 3. The Morgan fingerprint density at radius 1 is 1.03 bits per heavy atom. The standard InChI is InChI=1S/C30H35N3O5/c1-21-14-16-24(17-15-21)32-30(36)38-29(23-9-7-10-25(20-23)37-19-18-34)22(2)8-3-6-13-28(35)33-27-12-5-4-11-26(27)31/h4-7,9-17,20,22,29,34H,3,8,18-19,31H2,1-2H3,(H,32,36)(H,33,35)/b13-6+/t22-,29-/m0/s1. The Balaban J connectivity index is 1.65. The van der Waals surface area contributed by atoms with E-state index < -0.39 is 12.2 Å². The van der Waals surface area contributed by atoms with Gasteiger partial charge in [-0.3, -0.25) is 10.1 Å². The van der Waals surface area contributed by atoms with Gasteiger partial charge in [0, 0.05) is 5.69 Å². The zero-order chi connectivity index (χ0) is 27.3. The van der Waals surface area contributed by atoms with Gasteiger partial charge in [0.2, 0.25) is 5.91 Å². The van der Waals surface area contributed by atoms with Crippen LogP contribution in [-0.2, 0) is 9.53 Å². The van der Waals surface area contributed by atoms with E-state index >= 15 is 0 Å². The average Bonchev–Trinajstić information content (AvgIpc) is 2.91. The van der Waals surface area contributed by atoms with E-state index in [9.17, 15) is 9.59 Å². The maximum Gasteiger partial charge on any atom is 0.412 e. The molecule has 38 heavy (non-hydrogen) atoms. The summed E-state index contributed by atoms with van der Waals surface area (Å²) in [6.07, 6.45) is 3.38. The Kier molecular flexibility index (Phi) is 10.7. The largest absolute Gasteiger partial charge is 0.491 e. The molecule has 0 aliphatic heterocycles. The fraction of sp³-hybridized carbons (Fsp3) is 0.267. The number of allylic oxidation sites excluding steroid dienone is 1. The number of amides is 2. The van der Waals surface area contributed by atoms with E-state index in [1.165, 1.54) is 6.08 Å². The summed E-state index contributed by atoms with van der Waals surface area (Å²) in [4.78, 5) is 25.1. The molecule has 2 amide bonds. The van der Waals surface area contributed by atoms with Gasteiger partial charge >= 0.3 is 6.09 Å². The molecule has 0 heterocycles. The number of nitrogens with one attached hydrogen (secondary N) is 2. The van der Waals surface area contributed by atoms with E-state index in [1.54, 1.807) is 36.4 Å². The van der Waals surface area contributed by atoms with Crippen LogP contribution in [0.25, 0.3) is 0 Å². The monoisotopic (exact) mass is 517 g/mol. The van der Waals surface area contributed by atoms with E-state index in [4.69, 9.17) is 20.3 Å². The molecule has 0 unspecified atom stereocenters. The van der Waals surface area contributed by atoms with Crippen molar-refractivity contribution in [2.45, 2.75) is 32.8 Å². The van der Waals surface area contributed by atoms with Crippen molar-refractivity contribution in [1.82, 2.24) is 0 Å². The molecule has 5 N–H and O–H groups in total. The number of carbonyl (C=O) groups excluding carboxylic acids is 2. The van der Waals surface area contributed by atoms with Crippen LogP contribution in [0.1, 0.15) is 37.0 Å². The van der Waals surface area contributed by atoms with E-state index in [0.29, 0.717) is 35.7 Å². The van der Waals surface area contributed by atoms with Crippen LogP contribution in [0.15, 0.2) is 84.9 Å². The van der Waals surface area contributed by atoms with Gasteiger partial charge < -0.3 is 25.6 Å². The van der Waals surface area contributed by atoms with Crippen LogP contribution in [0.4, 0.5) is 21.9 Å². The SMILES string of the molecule is Cc1ccc(NC(=O)O[C@H](c2cccc(OCCO)c2)[C@@H](C)CC/C=C/C(=O)Nc2ccccc2N)cc1. The number of benzene rings is 3. The molecule has 0 aliphatic rings. The molecule has 3 rings (SSSR count). The van der Waals surface area contributed by atoms with Crippen LogP contribution in [0.5, 0.6) is 5.75 Å². The third-order valence-corrected chi connectivity index (χ3v) is 5.87. The van der Waals surface area contributed by atoms with Gasteiger partial charge in [-0.2, -0.15) is 0 Å². The highest BCUT2D eigenvalue weighted by atomic mass is 16.6. The molecule has 3 aromatic carbocycles. The summed E-state index contributed by atoms with van der Waals surface area (Å²) in [7, 11) is 0. The summed E-state index contributed by atoms with van der Waals surface area (Å²) in [6.45, 7) is 4.03. The van der Waals surface area contributed by atoms with Gasteiger partial charge in [0.1, 0.15) is 18.5 Å². The van der Waals surface area contributed by atoms with Crippen LogP contribution >= 0.6 is 0 Å². The number of para-hydroxylation sites is 2. The molecule has 8 nitrogen and oxygen atoms in total. The third-order valence-electron chi connectivity index (χ3n) is 5.87. The summed E-state index contributed by atoms with van der Waals surface area (Å²) in [5, 5.41) is 14.6. The lowest BCUT2D eigenvalue weighted by atomic mass is 9.93. The van der Waals surface area contributed by atoms with Crippen LogP contribution in [0, 0.1) is 12.8 Å². The highest BCUT2D eigenvalue weighted by molar-refractivity contribution is 6.01. The van der Waals surface area contributed by atoms with Crippen molar-refractivity contribution in [1.29, 1.82) is 0 Å². The number of hydrogen-bond donors (Lipinski definition) is 4. The number of rotatable bonds is 12. The lowest BCUT2D eigenvalue weighted by Crippen LogP contribution is -2.22. The second kappa shape index (κ2) is 14.4. The predicted molar refractivity (Wildman–Crippen MR) is 150 cm³/mol. The molecule has 8 heteroatoms. The predicted octanol–water partition coefficient (Wildman–Crippen LogP) is 5.85. The minimum atomic E-state index is -0.567. The summed E-state index contributed by atoms with van der Waals surface area (Å²) in [6, 6.07) is 21.8. The first-order valence-electron chi connectivity index (χ1n) is 12.6. The summed E-state index contributed by atoms with van der Waals surface area (Å²) in [5.74, 6) is 0.229. The van der Waals surface area contributed by atoms with Gasteiger partial charge in [0.05, 0.1) is 18.0 Å². The Bertz CT molecular complexity index is 1230. The highest BCUT2D eigenvalue weighted by Gasteiger charge is 2.24. The van der Waals surface area contributed by atoms with Gasteiger partial charge in [0.25, 0.3) is 0 Å². The van der Waals surface area contributed by atoms with Crippen LogP contribution in [-0.4, -0.2) is 30.3 Å². The zero-order valence-electron chi connectivity index (χ0n) is 21.7. The van der Waals surface area contributed by atoms with Crippen molar-refractivity contribution in [3.05, 3.63) is 96.1 Å².